The molecule has 0 saturated heterocycles. The van der Waals surface area contributed by atoms with E-state index >= 15 is 0 Å². The third-order valence-corrected chi connectivity index (χ3v) is 2.76. The van der Waals surface area contributed by atoms with E-state index in [1.807, 2.05) is 24.3 Å². The van der Waals surface area contributed by atoms with Crippen molar-refractivity contribution in [3.8, 4) is 5.75 Å². The van der Waals surface area contributed by atoms with Gasteiger partial charge in [-0.25, -0.2) is 0 Å². The van der Waals surface area contributed by atoms with Gasteiger partial charge in [0.05, 0.1) is 7.11 Å². The van der Waals surface area contributed by atoms with Crippen molar-refractivity contribution >= 4 is 0 Å². The van der Waals surface area contributed by atoms with Gasteiger partial charge in [0.2, 0.25) is 0 Å². The van der Waals surface area contributed by atoms with Gasteiger partial charge in [-0.1, -0.05) is 18.2 Å². The number of aromatic nitrogens is 2. The lowest BCUT2D eigenvalue weighted by Crippen LogP contribution is -2.18. The molecule has 17 heavy (non-hydrogen) atoms. The Morgan fingerprint density at radius 3 is 2.88 bits per heavy atom. The molecule has 0 aliphatic carbocycles. The molecule has 1 heterocycles. The molecule has 4 nitrogen and oxygen atoms in total. The predicted molar refractivity (Wildman–Crippen MR) is 66.8 cm³/mol. The molecule has 2 rings (SSSR count). The van der Waals surface area contributed by atoms with Crippen LogP contribution in [0.4, 0.5) is 0 Å². The Morgan fingerprint density at radius 1 is 1.35 bits per heavy atom. The second-order valence-electron chi connectivity index (χ2n) is 3.93. The molecule has 90 valence electrons. The normalized spacial score (nSPS) is 12.4. The summed E-state index contributed by atoms with van der Waals surface area (Å²) in [4.78, 5) is 0. The molecule has 0 radical (unpaired) electrons. The highest BCUT2D eigenvalue weighted by Crippen LogP contribution is 2.24. The van der Waals surface area contributed by atoms with Crippen LogP contribution in [0.3, 0.4) is 0 Å². The average Bonchev–Trinajstić information content (AvgIpc) is 2.89. The summed E-state index contributed by atoms with van der Waals surface area (Å²) in [6.07, 6.45) is 1.75. The number of ether oxygens (including phenoxy) is 1. The average molecular weight is 231 g/mol. The minimum Gasteiger partial charge on any atom is -0.496 e. The number of nitrogens with one attached hydrogen (secondary N) is 2. The highest BCUT2D eigenvalue weighted by Gasteiger charge is 2.10. The standard InChI is InChI=1S/C13H17N3O/c1-10(14-9-11-7-8-15-16-11)12-5-3-4-6-13(12)17-2/h3-8,10,14H,9H2,1-2H3,(H,15,16)/t10-/m0/s1. The van der Waals surface area contributed by atoms with Crippen molar-refractivity contribution in [3.05, 3.63) is 47.8 Å². The third kappa shape index (κ3) is 2.85. The van der Waals surface area contributed by atoms with E-state index in [4.69, 9.17) is 4.74 Å². The molecule has 0 amide bonds. The van der Waals surface area contributed by atoms with Gasteiger partial charge in [-0.15, -0.1) is 0 Å². The van der Waals surface area contributed by atoms with E-state index in [9.17, 15) is 0 Å². The van der Waals surface area contributed by atoms with E-state index < -0.39 is 0 Å². The Balaban J connectivity index is 2.01. The molecule has 4 heteroatoms. The minimum atomic E-state index is 0.231. The zero-order valence-corrected chi connectivity index (χ0v) is 10.1. The summed E-state index contributed by atoms with van der Waals surface area (Å²) in [5, 5.41) is 10.3. The van der Waals surface area contributed by atoms with Gasteiger partial charge in [-0.3, -0.25) is 5.10 Å². The molecule has 1 aromatic heterocycles. The first-order valence-electron chi connectivity index (χ1n) is 5.66. The summed E-state index contributed by atoms with van der Waals surface area (Å²) in [6, 6.07) is 10.2. The van der Waals surface area contributed by atoms with Gasteiger partial charge in [-0.05, 0) is 19.1 Å². The third-order valence-electron chi connectivity index (χ3n) is 2.76. The SMILES string of the molecule is COc1ccccc1[C@H](C)NCc1ccn[nH]1. The first-order chi connectivity index (χ1) is 8.31. The van der Waals surface area contributed by atoms with Crippen molar-refractivity contribution in [2.45, 2.75) is 19.5 Å². The molecule has 0 saturated carbocycles. The monoisotopic (exact) mass is 231 g/mol. The van der Waals surface area contributed by atoms with Crippen LogP contribution in [0.1, 0.15) is 24.2 Å². The largest absolute Gasteiger partial charge is 0.496 e. The number of rotatable bonds is 5. The van der Waals surface area contributed by atoms with Crippen LogP contribution < -0.4 is 10.1 Å². The van der Waals surface area contributed by atoms with Crippen molar-refractivity contribution in [1.29, 1.82) is 0 Å². The minimum absolute atomic E-state index is 0.231. The molecule has 1 aromatic carbocycles. The van der Waals surface area contributed by atoms with Crippen LogP contribution in [0.2, 0.25) is 0 Å². The Bertz CT molecular complexity index is 453. The molecular weight excluding hydrogens is 214 g/mol. The molecule has 0 unspecified atom stereocenters. The molecule has 1 atom stereocenters. The Kier molecular flexibility index (Phi) is 3.77. The van der Waals surface area contributed by atoms with Gasteiger partial charge < -0.3 is 10.1 Å². The van der Waals surface area contributed by atoms with Crippen LogP contribution in [0.5, 0.6) is 5.75 Å². The lowest BCUT2D eigenvalue weighted by Gasteiger charge is -2.16. The van der Waals surface area contributed by atoms with Gasteiger partial charge in [0.1, 0.15) is 5.75 Å². The predicted octanol–water partition coefficient (Wildman–Crippen LogP) is 2.27. The van der Waals surface area contributed by atoms with Gasteiger partial charge in [0.25, 0.3) is 0 Å². The van der Waals surface area contributed by atoms with Crippen molar-refractivity contribution in [2.24, 2.45) is 0 Å². The van der Waals surface area contributed by atoms with Crippen molar-refractivity contribution < 1.29 is 4.74 Å². The number of methoxy groups -OCH3 is 1. The summed E-state index contributed by atoms with van der Waals surface area (Å²) in [5.41, 5.74) is 2.24. The lowest BCUT2D eigenvalue weighted by atomic mass is 10.1. The fourth-order valence-corrected chi connectivity index (χ4v) is 1.78. The number of benzene rings is 1. The molecule has 2 aromatic rings. The Hall–Kier alpha value is -1.81. The van der Waals surface area contributed by atoms with Gasteiger partial charge in [0, 0.05) is 30.0 Å². The van der Waals surface area contributed by atoms with E-state index in [0.29, 0.717) is 0 Å². The summed E-state index contributed by atoms with van der Waals surface area (Å²) in [7, 11) is 1.69. The Labute approximate surface area is 101 Å². The first kappa shape index (κ1) is 11.7. The molecular formula is C13H17N3O. The molecule has 2 N–H and O–H groups in total. The van der Waals surface area contributed by atoms with Crippen LogP contribution in [0.15, 0.2) is 36.5 Å². The van der Waals surface area contributed by atoms with Crippen molar-refractivity contribution in [2.75, 3.05) is 7.11 Å². The highest BCUT2D eigenvalue weighted by atomic mass is 16.5. The van der Waals surface area contributed by atoms with Crippen LogP contribution >= 0.6 is 0 Å². The number of para-hydroxylation sites is 1. The number of nitrogens with zero attached hydrogens (tertiary/aromatic N) is 1. The maximum atomic E-state index is 5.34. The first-order valence-corrected chi connectivity index (χ1v) is 5.66. The summed E-state index contributed by atoms with van der Waals surface area (Å²) < 4.78 is 5.34. The highest BCUT2D eigenvalue weighted by molar-refractivity contribution is 5.35. The molecule has 0 aliphatic rings. The number of hydrogen-bond donors (Lipinski definition) is 2. The van der Waals surface area contributed by atoms with E-state index in [1.165, 1.54) is 0 Å². The van der Waals surface area contributed by atoms with E-state index in [1.54, 1.807) is 13.3 Å². The quantitative estimate of drug-likeness (QED) is 0.830. The van der Waals surface area contributed by atoms with E-state index in [0.717, 1.165) is 23.6 Å². The van der Waals surface area contributed by atoms with Crippen LogP contribution in [-0.4, -0.2) is 17.3 Å². The molecule has 0 bridgehead atoms. The van der Waals surface area contributed by atoms with Crippen molar-refractivity contribution in [3.63, 3.8) is 0 Å². The van der Waals surface area contributed by atoms with E-state index in [-0.39, 0.29) is 6.04 Å². The number of hydrogen-bond acceptors (Lipinski definition) is 3. The molecule has 0 spiro atoms. The maximum Gasteiger partial charge on any atom is 0.123 e. The molecule has 0 aliphatic heterocycles. The van der Waals surface area contributed by atoms with Crippen LogP contribution in [-0.2, 0) is 6.54 Å². The van der Waals surface area contributed by atoms with Gasteiger partial charge in [-0.2, -0.15) is 5.10 Å². The van der Waals surface area contributed by atoms with E-state index in [2.05, 4.69) is 28.5 Å². The lowest BCUT2D eigenvalue weighted by molar-refractivity contribution is 0.401. The second-order valence-corrected chi connectivity index (χ2v) is 3.93. The van der Waals surface area contributed by atoms with Gasteiger partial charge >= 0.3 is 0 Å². The Morgan fingerprint density at radius 2 is 2.18 bits per heavy atom. The zero-order chi connectivity index (χ0) is 12.1. The smallest absolute Gasteiger partial charge is 0.123 e. The maximum absolute atomic E-state index is 5.34. The summed E-state index contributed by atoms with van der Waals surface area (Å²) >= 11 is 0. The fourth-order valence-electron chi connectivity index (χ4n) is 1.78. The topological polar surface area (TPSA) is 49.9 Å². The zero-order valence-electron chi connectivity index (χ0n) is 10.1. The molecule has 0 fully saturated rings. The van der Waals surface area contributed by atoms with Crippen LogP contribution in [0.25, 0.3) is 0 Å². The number of H-pyrrole nitrogens is 1. The van der Waals surface area contributed by atoms with Crippen molar-refractivity contribution in [1.82, 2.24) is 15.5 Å². The fraction of sp³-hybridized carbons (Fsp3) is 0.308. The summed E-state index contributed by atoms with van der Waals surface area (Å²) in [5.74, 6) is 0.914. The second kappa shape index (κ2) is 5.50. The summed E-state index contributed by atoms with van der Waals surface area (Å²) in [6.45, 7) is 2.88. The number of aromatic amines is 1. The van der Waals surface area contributed by atoms with Gasteiger partial charge in [0.15, 0.2) is 0 Å². The van der Waals surface area contributed by atoms with Crippen LogP contribution in [0, 0.1) is 0 Å².